The van der Waals surface area contributed by atoms with Gasteiger partial charge in [-0.15, -0.1) is 0 Å². The molecule has 5 rings (SSSR count). The van der Waals surface area contributed by atoms with E-state index < -0.39 is 5.41 Å². The average molecular weight is 437 g/mol. The lowest BCUT2D eigenvalue weighted by Gasteiger charge is -2.27. The van der Waals surface area contributed by atoms with Gasteiger partial charge in [0.1, 0.15) is 0 Å². The van der Waals surface area contributed by atoms with Crippen molar-refractivity contribution in [2.24, 2.45) is 11.8 Å². The molecular weight excluding hydrogens is 404 g/mol. The predicted octanol–water partition coefficient (Wildman–Crippen LogP) is 3.59. The molecule has 3 fully saturated rings. The Kier molecular flexibility index (Phi) is 5.74. The molecule has 1 aromatic heterocycles. The van der Waals surface area contributed by atoms with E-state index >= 15 is 0 Å². The minimum atomic E-state index is -0.480. The summed E-state index contributed by atoms with van der Waals surface area (Å²) in [6, 6.07) is 9.37. The number of hydrogen-bond donors (Lipinski definition) is 0. The fourth-order valence-corrected chi connectivity index (χ4v) is 5.94. The van der Waals surface area contributed by atoms with Gasteiger partial charge in [-0.3, -0.25) is 9.59 Å². The van der Waals surface area contributed by atoms with Crippen molar-refractivity contribution in [3.8, 4) is 0 Å². The summed E-state index contributed by atoms with van der Waals surface area (Å²) in [5.41, 5.74) is 0.205. The van der Waals surface area contributed by atoms with Gasteiger partial charge in [0.2, 0.25) is 11.8 Å². The summed E-state index contributed by atoms with van der Waals surface area (Å²) in [6.45, 7) is 4.09. The van der Waals surface area contributed by atoms with Crippen LogP contribution in [0.4, 0.5) is 0 Å². The number of rotatable bonds is 5. The number of carbonyl (C=O) groups is 2. The minimum Gasteiger partial charge on any atom is -0.341 e. The molecule has 170 valence electrons. The lowest BCUT2D eigenvalue weighted by atomic mass is 9.81. The molecule has 0 bridgehead atoms. The molecule has 32 heavy (non-hydrogen) atoms. The van der Waals surface area contributed by atoms with E-state index in [1.165, 1.54) is 32.1 Å². The predicted molar refractivity (Wildman–Crippen MR) is 119 cm³/mol. The van der Waals surface area contributed by atoms with Crippen LogP contribution in [-0.2, 0) is 10.2 Å². The van der Waals surface area contributed by atoms with Crippen molar-refractivity contribution in [2.75, 3.05) is 26.2 Å². The standard InChI is InChI=1S/C25H32N4O3/c1-18-26-24(32-27-18)25-16-28(22(30)13-12-19-8-4-2-5-9-19)14-21(25)15-29(17-25)23(31)20-10-6-3-7-11-20/h3,6-7,10-11,19,21H,2,4-5,8-9,12-17H2,1H3/t21-,25-/m0/s1. The van der Waals surface area contributed by atoms with Gasteiger partial charge in [-0.2, -0.15) is 4.98 Å². The number of aryl methyl sites for hydroxylation is 1. The molecule has 3 aliphatic rings. The van der Waals surface area contributed by atoms with Gasteiger partial charge in [0, 0.05) is 44.1 Å². The van der Waals surface area contributed by atoms with Crippen LogP contribution in [0, 0.1) is 18.8 Å². The molecule has 0 N–H and O–H groups in total. The maximum atomic E-state index is 13.1. The molecular formula is C25H32N4O3. The number of carbonyl (C=O) groups excluding carboxylic acids is 2. The number of likely N-dealkylation sites (tertiary alicyclic amines) is 2. The smallest absolute Gasteiger partial charge is 0.253 e. The van der Waals surface area contributed by atoms with E-state index in [4.69, 9.17) is 4.52 Å². The van der Waals surface area contributed by atoms with E-state index in [1.807, 2.05) is 47.1 Å². The summed E-state index contributed by atoms with van der Waals surface area (Å²) in [7, 11) is 0. The molecule has 1 aromatic carbocycles. The maximum absolute atomic E-state index is 13.1. The molecule has 0 radical (unpaired) electrons. The molecule has 2 aliphatic heterocycles. The van der Waals surface area contributed by atoms with Crippen LogP contribution in [0.25, 0.3) is 0 Å². The van der Waals surface area contributed by atoms with Crippen LogP contribution in [-0.4, -0.2) is 57.9 Å². The minimum absolute atomic E-state index is 0.0192. The third kappa shape index (κ3) is 3.93. The lowest BCUT2D eigenvalue weighted by molar-refractivity contribution is -0.131. The summed E-state index contributed by atoms with van der Waals surface area (Å²) in [5.74, 6) is 2.19. The Balaban J connectivity index is 1.31. The van der Waals surface area contributed by atoms with Gasteiger partial charge in [0.25, 0.3) is 5.91 Å². The normalized spacial score (nSPS) is 25.8. The highest BCUT2D eigenvalue weighted by Crippen LogP contribution is 2.45. The van der Waals surface area contributed by atoms with Crippen molar-refractivity contribution in [3.05, 3.63) is 47.6 Å². The second kappa shape index (κ2) is 8.68. The Labute approximate surface area is 189 Å². The highest BCUT2D eigenvalue weighted by Gasteiger charge is 2.58. The topological polar surface area (TPSA) is 79.5 Å². The third-order valence-corrected chi connectivity index (χ3v) is 7.71. The molecule has 1 saturated carbocycles. The summed E-state index contributed by atoms with van der Waals surface area (Å²) >= 11 is 0. The van der Waals surface area contributed by atoms with Crippen LogP contribution in [0.5, 0.6) is 0 Å². The zero-order chi connectivity index (χ0) is 22.1. The Bertz CT molecular complexity index is 969. The molecule has 0 spiro atoms. The molecule has 7 heteroatoms. The summed E-state index contributed by atoms with van der Waals surface area (Å²) in [4.78, 5) is 34.7. The highest BCUT2D eigenvalue weighted by molar-refractivity contribution is 5.94. The number of hydrogen-bond acceptors (Lipinski definition) is 5. The largest absolute Gasteiger partial charge is 0.341 e. The molecule has 1 aliphatic carbocycles. The van der Waals surface area contributed by atoms with Crippen LogP contribution < -0.4 is 0 Å². The SMILES string of the molecule is Cc1noc([C@]23CN(C(=O)CCC4CCCCC4)C[C@H]2CN(C(=O)c2ccccc2)C3)n1. The molecule has 2 saturated heterocycles. The van der Waals surface area contributed by atoms with E-state index in [0.717, 1.165) is 6.42 Å². The first-order chi connectivity index (χ1) is 15.5. The van der Waals surface area contributed by atoms with Crippen LogP contribution in [0.2, 0.25) is 0 Å². The quantitative estimate of drug-likeness (QED) is 0.716. The molecule has 2 aromatic rings. The Hall–Kier alpha value is -2.70. The molecule has 0 unspecified atom stereocenters. The van der Waals surface area contributed by atoms with Gasteiger partial charge in [0.05, 0.1) is 5.41 Å². The van der Waals surface area contributed by atoms with Gasteiger partial charge >= 0.3 is 0 Å². The maximum Gasteiger partial charge on any atom is 0.253 e. The molecule has 2 amide bonds. The average Bonchev–Trinajstić information content (AvgIpc) is 3.51. The van der Waals surface area contributed by atoms with Gasteiger partial charge in [0.15, 0.2) is 5.82 Å². The Morgan fingerprint density at radius 1 is 1.06 bits per heavy atom. The van der Waals surface area contributed by atoms with Gasteiger partial charge in [-0.1, -0.05) is 55.5 Å². The van der Waals surface area contributed by atoms with E-state index in [9.17, 15) is 9.59 Å². The van der Waals surface area contributed by atoms with Crippen LogP contribution >= 0.6 is 0 Å². The highest BCUT2D eigenvalue weighted by atomic mass is 16.5. The van der Waals surface area contributed by atoms with Crippen molar-refractivity contribution in [2.45, 2.75) is 57.3 Å². The zero-order valence-corrected chi connectivity index (χ0v) is 18.8. The van der Waals surface area contributed by atoms with Crippen LogP contribution in [0.15, 0.2) is 34.9 Å². The monoisotopic (exact) mass is 436 g/mol. The fourth-order valence-electron chi connectivity index (χ4n) is 5.94. The molecule has 3 heterocycles. The Morgan fingerprint density at radius 3 is 2.50 bits per heavy atom. The number of amides is 2. The molecule has 2 atom stereocenters. The third-order valence-electron chi connectivity index (χ3n) is 7.71. The van der Waals surface area contributed by atoms with Crippen LogP contribution in [0.1, 0.15) is 67.0 Å². The fraction of sp³-hybridized carbons (Fsp3) is 0.600. The Morgan fingerprint density at radius 2 is 1.78 bits per heavy atom. The van der Waals surface area contributed by atoms with E-state index in [0.29, 0.717) is 55.8 Å². The van der Waals surface area contributed by atoms with Gasteiger partial charge in [-0.25, -0.2) is 0 Å². The van der Waals surface area contributed by atoms with E-state index in [2.05, 4.69) is 10.1 Å². The summed E-state index contributed by atoms with van der Waals surface area (Å²) < 4.78 is 5.63. The van der Waals surface area contributed by atoms with E-state index in [-0.39, 0.29) is 17.7 Å². The first kappa shape index (κ1) is 21.2. The first-order valence-corrected chi connectivity index (χ1v) is 12.0. The van der Waals surface area contributed by atoms with Crippen molar-refractivity contribution in [1.29, 1.82) is 0 Å². The second-order valence-electron chi connectivity index (χ2n) is 9.87. The zero-order valence-electron chi connectivity index (χ0n) is 18.8. The van der Waals surface area contributed by atoms with Crippen molar-refractivity contribution >= 4 is 11.8 Å². The summed E-state index contributed by atoms with van der Waals surface area (Å²) in [5, 5.41) is 4.02. The van der Waals surface area contributed by atoms with Crippen molar-refractivity contribution < 1.29 is 14.1 Å². The lowest BCUT2D eigenvalue weighted by Crippen LogP contribution is -2.41. The number of fused-ring (bicyclic) bond motifs is 1. The van der Waals surface area contributed by atoms with Crippen molar-refractivity contribution in [1.82, 2.24) is 19.9 Å². The van der Waals surface area contributed by atoms with Crippen LogP contribution in [0.3, 0.4) is 0 Å². The first-order valence-electron chi connectivity index (χ1n) is 12.0. The number of nitrogens with zero attached hydrogens (tertiary/aromatic N) is 4. The van der Waals surface area contributed by atoms with Gasteiger partial charge in [-0.05, 0) is 31.4 Å². The van der Waals surface area contributed by atoms with E-state index in [1.54, 1.807) is 0 Å². The molecule has 7 nitrogen and oxygen atoms in total. The van der Waals surface area contributed by atoms with Gasteiger partial charge < -0.3 is 14.3 Å². The van der Waals surface area contributed by atoms with Crippen molar-refractivity contribution in [3.63, 3.8) is 0 Å². The number of aromatic nitrogens is 2. The summed E-state index contributed by atoms with van der Waals surface area (Å²) in [6.07, 6.45) is 8.07. The second-order valence-corrected chi connectivity index (χ2v) is 9.87. The number of benzene rings is 1.